The molecule has 0 aliphatic heterocycles. The predicted molar refractivity (Wildman–Crippen MR) is 303 cm³/mol. The molecule has 0 fully saturated rings. The summed E-state index contributed by atoms with van der Waals surface area (Å²) in [4.78, 5) is 93.4. The van der Waals surface area contributed by atoms with Crippen molar-refractivity contribution in [1.29, 1.82) is 0 Å². The number of halogens is 8. The van der Waals surface area contributed by atoms with Crippen LogP contribution in [0.2, 0.25) is 0 Å². The summed E-state index contributed by atoms with van der Waals surface area (Å²) < 4.78 is 107. The van der Waals surface area contributed by atoms with Crippen LogP contribution < -0.4 is 31.9 Å². The van der Waals surface area contributed by atoms with Gasteiger partial charge in [0.05, 0.1) is 145 Å². The average molecular weight is 1280 g/mol. The summed E-state index contributed by atoms with van der Waals surface area (Å²) in [6.07, 6.45) is 5.91. The van der Waals surface area contributed by atoms with Crippen molar-refractivity contribution in [2.75, 3.05) is 85.8 Å². The molecule has 0 atom stereocenters. The van der Waals surface area contributed by atoms with E-state index in [0.29, 0.717) is 108 Å². The van der Waals surface area contributed by atoms with Crippen molar-refractivity contribution in [3.05, 3.63) is 110 Å². The van der Waals surface area contributed by atoms with Crippen molar-refractivity contribution in [3.63, 3.8) is 0 Å². The second kappa shape index (κ2) is 45.0. The molecule has 0 bridgehead atoms. The Morgan fingerprint density at radius 2 is 0.425 bits per heavy atom. The van der Waals surface area contributed by atoms with E-state index in [4.69, 9.17) is 38.6 Å². The van der Waals surface area contributed by atoms with Crippen LogP contribution in [-0.2, 0) is 45.5 Å². The van der Waals surface area contributed by atoms with E-state index in [1.54, 1.807) is 114 Å². The van der Waals surface area contributed by atoms with Gasteiger partial charge in [-0.2, -0.15) is 0 Å². The zero-order valence-corrected chi connectivity index (χ0v) is 48.7. The number of amides is 6. The third-order valence-electron chi connectivity index (χ3n) is 8.50. The third kappa shape index (κ3) is 38.9. The van der Waals surface area contributed by atoms with Crippen LogP contribution in [0.25, 0.3) is 34.2 Å². The molecule has 6 heterocycles. The van der Waals surface area contributed by atoms with E-state index in [-0.39, 0.29) is 17.1 Å². The van der Waals surface area contributed by atoms with Crippen LogP contribution in [0, 0.1) is 0 Å². The summed E-state index contributed by atoms with van der Waals surface area (Å²) in [5.41, 5.74) is 6.94. The van der Waals surface area contributed by atoms with Crippen molar-refractivity contribution in [2.45, 2.75) is 41.5 Å². The molecular formula is C50H62B2F8FeN12O14. The van der Waals surface area contributed by atoms with Gasteiger partial charge in [-0.3, -0.25) is 61.8 Å². The molecule has 37 heteroatoms. The van der Waals surface area contributed by atoms with Crippen LogP contribution in [0.5, 0.6) is 0 Å². The third-order valence-corrected chi connectivity index (χ3v) is 8.50. The molecule has 0 aromatic carbocycles. The molecular weight excluding hydrogens is 1220 g/mol. The summed E-state index contributed by atoms with van der Waals surface area (Å²) in [7, 11) is -10.0. The molecule has 0 saturated heterocycles. The van der Waals surface area contributed by atoms with Gasteiger partial charge in [0.1, 0.15) is 0 Å². The number of aliphatic hydroxyl groups excluding tert-OH is 2. The van der Waals surface area contributed by atoms with E-state index in [1.807, 2.05) is 0 Å². The van der Waals surface area contributed by atoms with Gasteiger partial charge in [0.2, 0.25) is 0 Å². The number of nitrogens with one attached hydrogen (secondary N) is 6. The van der Waals surface area contributed by atoms with E-state index < -0.39 is 51.1 Å². The van der Waals surface area contributed by atoms with Crippen LogP contribution in [-0.4, -0.2) is 145 Å². The number of aliphatic hydroxyl groups is 2. The van der Waals surface area contributed by atoms with Crippen molar-refractivity contribution in [2.24, 2.45) is 0 Å². The smallest absolute Gasteiger partial charge is 0.450 e. The van der Waals surface area contributed by atoms with Gasteiger partial charge >= 0.3 is 68.1 Å². The van der Waals surface area contributed by atoms with Crippen molar-refractivity contribution >= 4 is 85.2 Å². The maximum absolute atomic E-state index is 11.3. The Morgan fingerprint density at radius 3 is 0.506 bits per heavy atom. The van der Waals surface area contributed by atoms with Crippen LogP contribution in [0.1, 0.15) is 41.5 Å². The van der Waals surface area contributed by atoms with Gasteiger partial charge in [0.15, 0.2) is 0 Å². The van der Waals surface area contributed by atoms with E-state index in [1.165, 1.54) is 37.2 Å². The van der Waals surface area contributed by atoms with Crippen LogP contribution in [0.15, 0.2) is 110 Å². The second-order valence-corrected chi connectivity index (χ2v) is 14.7. The maximum Gasteiger partial charge on any atom is 2.00 e. The average Bonchev–Trinajstić information content (AvgIpc) is 2.33. The molecule has 0 unspecified atom stereocenters. The fourth-order valence-corrected chi connectivity index (χ4v) is 5.43. The molecule has 0 aliphatic rings. The van der Waals surface area contributed by atoms with Crippen LogP contribution >= 0.6 is 0 Å². The molecule has 6 amide bonds. The Bertz CT molecular complexity index is 2410. The Hall–Kier alpha value is -9.47. The fourth-order valence-electron chi connectivity index (χ4n) is 5.43. The van der Waals surface area contributed by atoms with Crippen molar-refractivity contribution < 1.29 is 119 Å². The monoisotopic (exact) mass is 1280 g/mol. The zero-order valence-electron chi connectivity index (χ0n) is 47.6. The molecule has 87 heavy (non-hydrogen) atoms. The number of carbonyl (C=O) groups is 6. The van der Waals surface area contributed by atoms with Crippen LogP contribution in [0.3, 0.4) is 0 Å². The molecule has 476 valence electrons. The van der Waals surface area contributed by atoms with Gasteiger partial charge < -0.3 is 73.2 Å². The molecule has 0 aliphatic carbocycles. The van der Waals surface area contributed by atoms with Crippen LogP contribution in [0.4, 0.5) is 97.4 Å². The van der Waals surface area contributed by atoms with Crippen molar-refractivity contribution in [1.82, 2.24) is 29.9 Å². The first-order valence-corrected chi connectivity index (χ1v) is 24.9. The topological polar surface area (TPSA) is 348 Å². The number of ether oxygens (including phenoxy) is 6. The number of hydrogen-bond donors (Lipinski definition) is 8. The Balaban J connectivity index is 0. The second-order valence-electron chi connectivity index (χ2n) is 14.7. The first-order valence-electron chi connectivity index (χ1n) is 24.9. The van der Waals surface area contributed by atoms with E-state index in [9.17, 15) is 63.3 Å². The van der Waals surface area contributed by atoms with Gasteiger partial charge in [-0.05, 0) is 114 Å². The van der Waals surface area contributed by atoms with Gasteiger partial charge in [-0.25, -0.2) is 28.8 Å². The molecule has 8 N–H and O–H groups in total. The van der Waals surface area contributed by atoms with E-state index >= 15 is 0 Å². The SMILES string of the molecule is CCOC(=O)Nc1ccc(-c2ccc(NC(=O)OCC)cn2)nc1.CCOC(=O)Nc1ccc(-c2ccc(NC(=O)OCC)cn2)nc1.CCOC(=O)Nc1ccc(-c2ccc(NC(=O)OCC)cn2)nc1.CO.CO.F[B-](F)(F)F.F[B-](F)(F)F.[Fe+2]. The number of aromatic nitrogens is 6. The minimum atomic E-state index is -6.00. The first-order chi connectivity index (χ1) is 40.9. The van der Waals surface area contributed by atoms with E-state index in [2.05, 4.69) is 61.8 Å². The minimum Gasteiger partial charge on any atom is -0.450 e. The number of nitrogens with zero attached hydrogens (tertiary/aromatic N) is 6. The number of anilines is 6. The normalized spacial score (nSPS) is 9.72. The molecule has 6 aromatic heterocycles. The Kier molecular flexibility index (Phi) is 41.1. The summed E-state index contributed by atoms with van der Waals surface area (Å²) in [6, 6.07) is 20.5. The van der Waals surface area contributed by atoms with Gasteiger partial charge in [-0.15, -0.1) is 0 Å². The molecule has 26 nitrogen and oxygen atoms in total. The molecule has 6 aromatic rings. The minimum absolute atomic E-state index is 0. The summed E-state index contributed by atoms with van der Waals surface area (Å²) in [5.74, 6) is 0. The number of carbonyl (C=O) groups excluding carboxylic acids is 6. The largest absolute Gasteiger partial charge is 2.00 e. The number of rotatable bonds is 15. The first kappa shape index (κ1) is 79.6. The Labute approximate surface area is 504 Å². The fraction of sp³-hybridized carbons (Fsp3) is 0.280. The summed E-state index contributed by atoms with van der Waals surface area (Å²) in [5, 5.41) is 29.4. The number of hydrogen-bond acceptors (Lipinski definition) is 20. The predicted octanol–water partition coefficient (Wildman–Crippen LogP) is 11.7. The maximum atomic E-state index is 11.3. The van der Waals surface area contributed by atoms with Crippen molar-refractivity contribution in [3.8, 4) is 34.2 Å². The molecule has 0 saturated carbocycles. The summed E-state index contributed by atoms with van der Waals surface area (Å²) >= 11 is 0. The summed E-state index contributed by atoms with van der Waals surface area (Å²) in [6.45, 7) is 12.2. The van der Waals surface area contributed by atoms with E-state index in [0.717, 1.165) is 14.2 Å². The standard InChI is InChI=1S/3C16H18N4O4.2CH4O.2BF4.Fe/c3*1-3-23-15(21)19-11-5-7-13(17-9-11)14-8-6-12(10-18-14)20-16(22)24-4-2;2*1-2;2*2-1(3,4)5;/h3*5-10H,3-4H2,1-2H3,(H,19,21)(H,20,22);2*2H,1H3;;;/q;;;;;2*-1;+2. The van der Waals surface area contributed by atoms with Gasteiger partial charge in [0.25, 0.3) is 0 Å². The number of pyridine rings is 6. The van der Waals surface area contributed by atoms with Gasteiger partial charge in [-0.1, -0.05) is 0 Å². The Morgan fingerprint density at radius 1 is 0.310 bits per heavy atom. The van der Waals surface area contributed by atoms with Gasteiger partial charge in [0, 0.05) is 14.2 Å². The molecule has 0 radical (unpaired) electrons. The zero-order chi connectivity index (χ0) is 65.1. The molecule has 0 spiro atoms. The molecule has 6 rings (SSSR count). The quantitative estimate of drug-likeness (QED) is 0.0269.